The molecule has 0 amide bonds. The first kappa shape index (κ1) is 15.4. The number of nitrogens with zero attached hydrogens (tertiary/aromatic N) is 2. The predicted octanol–water partition coefficient (Wildman–Crippen LogP) is 3.27. The molecule has 2 N–H and O–H groups in total. The van der Waals surface area contributed by atoms with Gasteiger partial charge in [0.1, 0.15) is 11.6 Å². The first-order valence-corrected chi connectivity index (χ1v) is 7.28. The lowest BCUT2D eigenvalue weighted by atomic mass is 10.1. The zero-order valence-corrected chi connectivity index (χ0v) is 12.6. The molecule has 0 aliphatic rings. The van der Waals surface area contributed by atoms with E-state index in [0.717, 1.165) is 35.5 Å². The minimum absolute atomic E-state index is 0.212. The van der Waals surface area contributed by atoms with Gasteiger partial charge in [-0.05, 0) is 41.8 Å². The molecule has 0 atom stereocenters. The number of aromatic nitrogens is 1. The molecular weight excluding hydrogens is 265 g/mol. The molecule has 0 fully saturated rings. The Balaban J connectivity index is 2.21. The Morgan fingerprint density at radius 1 is 1.19 bits per heavy atom. The highest BCUT2D eigenvalue weighted by molar-refractivity contribution is 5.43. The molecule has 3 nitrogen and oxygen atoms in total. The lowest BCUT2D eigenvalue weighted by Gasteiger charge is -2.20. The van der Waals surface area contributed by atoms with Gasteiger partial charge in [-0.1, -0.05) is 25.5 Å². The van der Waals surface area contributed by atoms with Crippen LogP contribution in [0.1, 0.15) is 30.2 Å². The Bertz CT molecular complexity index is 598. The fourth-order valence-corrected chi connectivity index (χ4v) is 2.32. The smallest absolute Gasteiger partial charge is 0.129 e. The Morgan fingerprint density at radius 2 is 2.00 bits per heavy atom. The second-order valence-electron chi connectivity index (χ2n) is 5.27. The highest BCUT2D eigenvalue weighted by atomic mass is 19.1. The van der Waals surface area contributed by atoms with Crippen LogP contribution >= 0.6 is 0 Å². The van der Waals surface area contributed by atoms with Gasteiger partial charge in [-0.3, -0.25) is 0 Å². The van der Waals surface area contributed by atoms with Gasteiger partial charge in [-0.15, -0.1) is 0 Å². The van der Waals surface area contributed by atoms with Crippen LogP contribution in [0.2, 0.25) is 0 Å². The number of pyridine rings is 1. The monoisotopic (exact) mass is 287 g/mol. The lowest BCUT2D eigenvalue weighted by molar-refractivity contribution is 0.625. The molecule has 0 radical (unpaired) electrons. The van der Waals surface area contributed by atoms with Gasteiger partial charge in [0.15, 0.2) is 0 Å². The van der Waals surface area contributed by atoms with Crippen LogP contribution < -0.4 is 10.6 Å². The summed E-state index contributed by atoms with van der Waals surface area (Å²) >= 11 is 0. The van der Waals surface area contributed by atoms with Crippen LogP contribution in [-0.4, -0.2) is 12.0 Å². The van der Waals surface area contributed by atoms with E-state index in [-0.39, 0.29) is 5.82 Å². The molecule has 0 aliphatic carbocycles. The third-order valence-corrected chi connectivity index (χ3v) is 3.37. The summed E-state index contributed by atoms with van der Waals surface area (Å²) in [6, 6.07) is 10.7. The van der Waals surface area contributed by atoms with Crippen LogP contribution in [0.5, 0.6) is 0 Å². The van der Waals surface area contributed by atoms with E-state index in [0.29, 0.717) is 13.1 Å². The average molecular weight is 287 g/mol. The number of rotatable bonds is 6. The Morgan fingerprint density at radius 3 is 2.67 bits per heavy atom. The van der Waals surface area contributed by atoms with Crippen molar-refractivity contribution in [3.63, 3.8) is 0 Å². The zero-order valence-electron chi connectivity index (χ0n) is 12.6. The topological polar surface area (TPSA) is 42.1 Å². The predicted molar refractivity (Wildman–Crippen MR) is 84.6 cm³/mol. The van der Waals surface area contributed by atoms with Crippen molar-refractivity contribution in [3.8, 4) is 0 Å². The van der Waals surface area contributed by atoms with E-state index in [1.165, 1.54) is 6.07 Å². The summed E-state index contributed by atoms with van der Waals surface area (Å²) in [4.78, 5) is 6.69. The summed E-state index contributed by atoms with van der Waals surface area (Å²) in [6.07, 6.45) is 1.99. The number of halogens is 1. The van der Waals surface area contributed by atoms with Gasteiger partial charge in [-0.2, -0.15) is 0 Å². The van der Waals surface area contributed by atoms with Crippen LogP contribution in [0.3, 0.4) is 0 Å². The summed E-state index contributed by atoms with van der Waals surface area (Å²) < 4.78 is 13.3. The van der Waals surface area contributed by atoms with E-state index in [1.54, 1.807) is 12.1 Å². The molecule has 21 heavy (non-hydrogen) atoms. The summed E-state index contributed by atoms with van der Waals surface area (Å²) in [6.45, 7) is 3.25. The summed E-state index contributed by atoms with van der Waals surface area (Å²) in [5.41, 5.74) is 8.82. The highest BCUT2D eigenvalue weighted by Crippen LogP contribution is 2.17. The van der Waals surface area contributed by atoms with Crippen molar-refractivity contribution in [2.75, 3.05) is 11.9 Å². The van der Waals surface area contributed by atoms with Crippen LogP contribution in [0.4, 0.5) is 10.2 Å². The van der Waals surface area contributed by atoms with Crippen molar-refractivity contribution >= 4 is 5.82 Å². The van der Waals surface area contributed by atoms with Crippen molar-refractivity contribution in [1.29, 1.82) is 0 Å². The molecule has 0 aliphatic heterocycles. The molecule has 1 aromatic carbocycles. The summed E-state index contributed by atoms with van der Waals surface area (Å²) in [7, 11) is 1.96. The van der Waals surface area contributed by atoms with E-state index in [1.807, 2.05) is 24.1 Å². The second-order valence-corrected chi connectivity index (χ2v) is 5.27. The van der Waals surface area contributed by atoms with E-state index in [2.05, 4.69) is 18.0 Å². The van der Waals surface area contributed by atoms with Gasteiger partial charge >= 0.3 is 0 Å². The van der Waals surface area contributed by atoms with E-state index >= 15 is 0 Å². The second kappa shape index (κ2) is 7.18. The van der Waals surface area contributed by atoms with Gasteiger partial charge in [-0.25, -0.2) is 9.37 Å². The molecule has 2 rings (SSSR count). The van der Waals surface area contributed by atoms with Crippen molar-refractivity contribution < 1.29 is 4.39 Å². The van der Waals surface area contributed by atoms with Gasteiger partial charge in [0.05, 0.1) is 0 Å². The minimum atomic E-state index is -0.212. The number of anilines is 1. The SMILES string of the molecule is CCCc1cc(CN)cc(N(C)Cc2cccc(F)c2)n1. The number of hydrogen-bond donors (Lipinski definition) is 1. The Labute approximate surface area is 125 Å². The fraction of sp³-hybridized carbons (Fsp3) is 0.353. The highest BCUT2D eigenvalue weighted by Gasteiger charge is 2.08. The zero-order chi connectivity index (χ0) is 15.2. The Kier molecular flexibility index (Phi) is 5.28. The molecule has 112 valence electrons. The molecule has 2 aromatic rings. The number of aryl methyl sites for hydroxylation is 1. The first-order chi connectivity index (χ1) is 10.1. The summed E-state index contributed by atoms with van der Waals surface area (Å²) in [5.74, 6) is 0.668. The summed E-state index contributed by atoms with van der Waals surface area (Å²) in [5, 5.41) is 0. The van der Waals surface area contributed by atoms with E-state index in [4.69, 9.17) is 5.73 Å². The third-order valence-electron chi connectivity index (χ3n) is 3.37. The fourth-order valence-electron chi connectivity index (χ4n) is 2.32. The molecular formula is C17H22FN3. The van der Waals surface area contributed by atoms with Crippen LogP contribution in [0, 0.1) is 5.82 Å². The number of benzene rings is 1. The molecule has 0 spiro atoms. The lowest BCUT2D eigenvalue weighted by Crippen LogP contribution is -2.19. The minimum Gasteiger partial charge on any atom is -0.355 e. The van der Waals surface area contributed by atoms with E-state index < -0.39 is 0 Å². The molecule has 4 heteroatoms. The van der Waals surface area contributed by atoms with Crippen LogP contribution in [0.15, 0.2) is 36.4 Å². The van der Waals surface area contributed by atoms with E-state index in [9.17, 15) is 4.39 Å². The van der Waals surface area contributed by atoms with Crippen LogP contribution in [0.25, 0.3) is 0 Å². The maximum Gasteiger partial charge on any atom is 0.129 e. The maximum absolute atomic E-state index is 13.3. The van der Waals surface area contributed by atoms with Crippen molar-refractivity contribution in [1.82, 2.24) is 4.98 Å². The molecule has 0 saturated heterocycles. The first-order valence-electron chi connectivity index (χ1n) is 7.28. The Hall–Kier alpha value is -1.94. The normalized spacial score (nSPS) is 10.7. The third kappa shape index (κ3) is 4.26. The largest absolute Gasteiger partial charge is 0.355 e. The molecule has 0 unspecified atom stereocenters. The molecule has 0 bridgehead atoms. The maximum atomic E-state index is 13.3. The van der Waals surface area contributed by atoms with Crippen molar-refractivity contribution in [3.05, 3.63) is 59.0 Å². The van der Waals surface area contributed by atoms with Gasteiger partial charge in [0.2, 0.25) is 0 Å². The van der Waals surface area contributed by atoms with Gasteiger partial charge in [0.25, 0.3) is 0 Å². The molecule has 1 heterocycles. The molecule has 1 aromatic heterocycles. The van der Waals surface area contributed by atoms with Crippen molar-refractivity contribution in [2.45, 2.75) is 32.9 Å². The number of nitrogens with two attached hydrogens (primary N) is 1. The quantitative estimate of drug-likeness (QED) is 0.886. The van der Waals surface area contributed by atoms with Gasteiger partial charge < -0.3 is 10.6 Å². The van der Waals surface area contributed by atoms with Gasteiger partial charge in [0, 0.05) is 25.8 Å². The number of hydrogen-bond acceptors (Lipinski definition) is 3. The average Bonchev–Trinajstić information content (AvgIpc) is 2.47. The van der Waals surface area contributed by atoms with Crippen LogP contribution in [-0.2, 0) is 19.5 Å². The van der Waals surface area contributed by atoms with Crippen molar-refractivity contribution in [2.24, 2.45) is 5.73 Å². The molecule has 0 saturated carbocycles. The standard InChI is InChI=1S/C17H22FN3/c1-3-5-16-9-14(11-19)10-17(20-16)21(2)12-13-6-4-7-15(18)8-13/h4,6-10H,3,5,11-12,19H2,1-2H3.